The first-order chi connectivity index (χ1) is 19.2. The van der Waals surface area contributed by atoms with Crippen molar-refractivity contribution >= 4 is 52.2 Å². The van der Waals surface area contributed by atoms with Gasteiger partial charge < -0.3 is 9.64 Å². The monoisotopic (exact) mass is 584 g/mol. The van der Waals surface area contributed by atoms with Crippen LogP contribution in [0.25, 0.3) is 0 Å². The summed E-state index contributed by atoms with van der Waals surface area (Å²) in [6.07, 6.45) is 0. The summed E-state index contributed by atoms with van der Waals surface area (Å²) < 4.78 is 20.5. The molecule has 0 unspecified atom stereocenters. The number of hydrogen-bond acceptors (Lipinski definition) is 9. The van der Waals surface area contributed by atoms with Crippen LogP contribution in [0.15, 0.2) is 58.4 Å². The third-order valence-corrected chi connectivity index (χ3v) is 9.86. The number of fused-ring (bicyclic) bond motifs is 2. The maximum absolute atomic E-state index is 13.8. The number of carbonyl (C=O) groups excluding carboxylic acids is 3. The number of thioether (sulfide) groups is 1. The molecule has 14 heteroatoms. The number of morpholine rings is 1. The SMILES string of the molecule is O=C(Cn1c2c(sc1=O)[C@@H](c1ccc(F)cc1)[C@@H]1C(=O)N(c3ccc([N+](=O)[O-])cc3)C(=O)[C@@H]1S2)N1CCOCC1. The van der Waals surface area contributed by atoms with E-state index in [9.17, 15) is 33.7 Å². The summed E-state index contributed by atoms with van der Waals surface area (Å²) in [5, 5.41) is 10.6. The van der Waals surface area contributed by atoms with Crippen LogP contribution in [0.3, 0.4) is 0 Å². The van der Waals surface area contributed by atoms with Gasteiger partial charge in [0.2, 0.25) is 17.7 Å². The molecule has 2 aromatic carbocycles. The van der Waals surface area contributed by atoms with E-state index in [1.54, 1.807) is 4.90 Å². The lowest BCUT2D eigenvalue weighted by Gasteiger charge is -2.31. The Morgan fingerprint density at radius 3 is 2.35 bits per heavy atom. The number of nitro groups is 1. The Morgan fingerprint density at radius 2 is 1.70 bits per heavy atom. The second-order valence-corrected chi connectivity index (χ2v) is 11.6. The van der Waals surface area contributed by atoms with Gasteiger partial charge >= 0.3 is 4.87 Å². The molecule has 206 valence electrons. The summed E-state index contributed by atoms with van der Waals surface area (Å²) in [7, 11) is 0. The number of hydrogen-bond donors (Lipinski definition) is 0. The van der Waals surface area contributed by atoms with E-state index in [1.165, 1.54) is 53.1 Å². The third kappa shape index (κ3) is 4.41. The number of nitro benzene ring substituents is 1. The number of amides is 3. The summed E-state index contributed by atoms with van der Waals surface area (Å²) in [5.41, 5.74) is 0.559. The zero-order valence-electron chi connectivity index (χ0n) is 20.7. The Kier molecular flexibility index (Phi) is 6.76. The molecule has 0 bridgehead atoms. The quantitative estimate of drug-likeness (QED) is 0.254. The van der Waals surface area contributed by atoms with E-state index in [2.05, 4.69) is 0 Å². The molecule has 0 aliphatic carbocycles. The first-order valence-corrected chi connectivity index (χ1v) is 14.1. The molecule has 3 aliphatic heterocycles. The molecule has 3 aromatic rings. The number of anilines is 1. The van der Waals surface area contributed by atoms with Crippen molar-refractivity contribution in [2.24, 2.45) is 5.92 Å². The summed E-state index contributed by atoms with van der Waals surface area (Å²) in [5.74, 6) is -3.43. The Bertz CT molecular complexity index is 1580. The fourth-order valence-electron chi connectivity index (χ4n) is 5.31. The molecule has 6 rings (SSSR count). The van der Waals surface area contributed by atoms with Crippen LogP contribution in [0.4, 0.5) is 15.8 Å². The molecule has 0 saturated carbocycles. The van der Waals surface area contributed by atoms with Crippen molar-refractivity contribution in [3.8, 4) is 0 Å². The lowest BCUT2D eigenvalue weighted by molar-refractivity contribution is -0.384. The summed E-state index contributed by atoms with van der Waals surface area (Å²) in [6.45, 7) is 1.41. The number of nitrogens with zero attached hydrogens (tertiary/aromatic N) is 4. The smallest absolute Gasteiger partial charge is 0.308 e. The van der Waals surface area contributed by atoms with Gasteiger partial charge in [0.05, 0.1) is 34.8 Å². The number of ether oxygens (including phenoxy) is 1. The molecule has 0 spiro atoms. The first kappa shape index (κ1) is 26.3. The van der Waals surface area contributed by atoms with E-state index >= 15 is 0 Å². The van der Waals surface area contributed by atoms with Crippen LogP contribution in [-0.2, 0) is 25.7 Å². The highest BCUT2D eigenvalue weighted by Crippen LogP contribution is 2.53. The number of non-ortho nitro benzene ring substituents is 1. The topological polar surface area (TPSA) is 132 Å². The van der Waals surface area contributed by atoms with E-state index in [4.69, 9.17) is 4.74 Å². The normalized spacial score (nSPS) is 22.3. The second-order valence-electron chi connectivity index (χ2n) is 9.50. The lowest BCUT2D eigenvalue weighted by Crippen LogP contribution is -2.43. The third-order valence-electron chi connectivity index (χ3n) is 7.25. The standard InChI is InChI=1S/C26H21FN4O7S2/c27-15-3-1-14(2-4-15)19-20-21(24(34)30(23(20)33)16-5-7-17(8-6-16)31(36)37)39-25-22(19)40-26(35)29(25)13-18(32)28-9-11-38-12-10-28/h1-8,19-21H,9-13H2/t19-,20-,21+/m0/s1. The van der Waals surface area contributed by atoms with Crippen molar-refractivity contribution in [2.45, 2.75) is 22.7 Å². The number of thiazole rings is 1. The predicted octanol–water partition coefficient (Wildman–Crippen LogP) is 2.61. The number of benzene rings is 2. The van der Waals surface area contributed by atoms with Gasteiger partial charge in [-0.05, 0) is 29.8 Å². The van der Waals surface area contributed by atoms with Crippen molar-refractivity contribution in [1.29, 1.82) is 0 Å². The molecule has 0 radical (unpaired) electrons. The van der Waals surface area contributed by atoms with Gasteiger partial charge in [-0.1, -0.05) is 35.2 Å². The molecule has 1 aromatic heterocycles. The molecule has 11 nitrogen and oxygen atoms in total. The molecule has 3 amide bonds. The number of halogens is 1. The van der Waals surface area contributed by atoms with Gasteiger partial charge in [0.1, 0.15) is 17.6 Å². The van der Waals surface area contributed by atoms with Gasteiger partial charge in [-0.2, -0.15) is 0 Å². The van der Waals surface area contributed by atoms with Gasteiger partial charge in [-0.15, -0.1) is 0 Å². The number of imide groups is 1. The molecular formula is C26H21FN4O7S2. The highest BCUT2D eigenvalue weighted by atomic mass is 32.2. The fraction of sp³-hybridized carbons (Fsp3) is 0.308. The maximum Gasteiger partial charge on any atom is 0.308 e. The van der Waals surface area contributed by atoms with E-state index in [1.807, 2.05) is 0 Å². The lowest BCUT2D eigenvalue weighted by atomic mass is 9.83. The van der Waals surface area contributed by atoms with E-state index in [0.29, 0.717) is 41.8 Å². The minimum Gasteiger partial charge on any atom is -0.378 e. The van der Waals surface area contributed by atoms with E-state index in [-0.39, 0.29) is 23.8 Å². The second kappa shape index (κ2) is 10.3. The Morgan fingerprint density at radius 1 is 1.02 bits per heavy atom. The Hall–Kier alpha value is -3.88. The van der Waals surface area contributed by atoms with Gasteiger partial charge in [0, 0.05) is 36.0 Å². The molecule has 3 atom stereocenters. The highest BCUT2D eigenvalue weighted by Gasteiger charge is 2.56. The van der Waals surface area contributed by atoms with Crippen molar-refractivity contribution in [3.05, 3.63) is 84.6 Å². The minimum atomic E-state index is -0.927. The van der Waals surface area contributed by atoms with Crippen LogP contribution in [0.1, 0.15) is 16.4 Å². The first-order valence-electron chi connectivity index (χ1n) is 12.4. The molecule has 4 heterocycles. The summed E-state index contributed by atoms with van der Waals surface area (Å²) in [6, 6.07) is 10.7. The number of carbonyl (C=O) groups is 3. The minimum absolute atomic E-state index is 0.185. The molecule has 3 aliphatic rings. The summed E-state index contributed by atoms with van der Waals surface area (Å²) in [4.78, 5) is 67.1. The largest absolute Gasteiger partial charge is 0.378 e. The van der Waals surface area contributed by atoms with E-state index < -0.39 is 44.5 Å². The Balaban J connectivity index is 1.41. The average molecular weight is 585 g/mol. The molecule has 0 N–H and O–H groups in total. The number of rotatable bonds is 5. The van der Waals surface area contributed by atoms with Gasteiger partial charge in [0.15, 0.2) is 0 Å². The zero-order chi connectivity index (χ0) is 28.1. The Labute approximate surface area is 234 Å². The average Bonchev–Trinajstić information content (AvgIpc) is 3.40. The van der Waals surface area contributed by atoms with Crippen LogP contribution >= 0.6 is 23.1 Å². The van der Waals surface area contributed by atoms with Crippen molar-refractivity contribution < 1.29 is 28.4 Å². The van der Waals surface area contributed by atoms with Crippen LogP contribution in [0, 0.1) is 21.8 Å². The van der Waals surface area contributed by atoms with Crippen LogP contribution in [0.2, 0.25) is 0 Å². The van der Waals surface area contributed by atoms with E-state index in [0.717, 1.165) is 28.0 Å². The maximum atomic E-state index is 13.8. The highest BCUT2D eigenvalue weighted by molar-refractivity contribution is 8.00. The molecular weight excluding hydrogens is 563 g/mol. The summed E-state index contributed by atoms with van der Waals surface area (Å²) >= 11 is 1.97. The van der Waals surface area contributed by atoms with Crippen LogP contribution in [0.5, 0.6) is 0 Å². The van der Waals surface area contributed by atoms with Crippen molar-refractivity contribution in [3.63, 3.8) is 0 Å². The molecule has 2 fully saturated rings. The van der Waals surface area contributed by atoms with Gasteiger partial charge in [0.25, 0.3) is 5.69 Å². The van der Waals surface area contributed by atoms with Crippen molar-refractivity contribution in [1.82, 2.24) is 9.47 Å². The molecule has 2 saturated heterocycles. The molecule has 40 heavy (non-hydrogen) atoms. The zero-order valence-corrected chi connectivity index (χ0v) is 22.4. The van der Waals surface area contributed by atoms with Crippen LogP contribution < -0.4 is 9.77 Å². The fourth-order valence-corrected chi connectivity index (χ4v) is 8.08. The predicted molar refractivity (Wildman–Crippen MR) is 143 cm³/mol. The van der Waals surface area contributed by atoms with Crippen LogP contribution in [-0.4, -0.2) is 63.7 Å². The van der Waals surface area contributed by atoms with Gasteiger partial charge in [-0.25, -0.2) is 9.29 Å². The number of aromatic nitrogens is 1. The van der Waals surface area contributed by atoms with Crippen molar-refractivity contribution in [2.75, 3.05) is 31.2 Å². The van der Waals surface area contributed by atoms with Gasteiger partial charge in [-0.3, -0.25) is 33.9 Å².